The van der Waals surface area contributed by atoms with Crippen molar-refractivity contribution in [1.82, 2.24) is 0 Å². The maximum absolute atomic E-state index is 12.9. The van der Waals surface area contributed by atoms with Crippen molar-refractivity contribution in [3.8, 4) is 0 Å². The van der Waals surface area contributed by atoms with Crippen LogP contribution in [-0.2, 0) is 0 Å². The molecule has 1 rings (SSSR count). The second kappa shape index (κ2) is 3.68. The van der Waals surface area contributed by atoms with Crippen LogP contribution in [0.2, 0.25) is 0 Å². The van der Waals surface area contributed by atoms with Gasteiger partial charge in [-0.25, -0.2) is 4.39 Å². The van der Waals surface area contributed by atoms with Crippen molar-refractivity contribution in [2.24, 2.45) is 0 Å². The summed E-state index contributed by atoms with van der Waals surface area (Å²) in [6.07, 6.45) is 0. The molecule has 0 radical (unpaired) electrons. The highest BCUT2D eigenvalue weighted by molar-refractivity contribution is 6.58. The van der Waals surface area contributed by atoms with Gasteiger partial charge in [0.1, 0.15) is 0 Å². The zero-order chi connectivity index (χ0) is 10.9. The van der Waals surface area contributed by atoms with Crippen LogP contribution in [0.3, 0.4) is 0 Å². The van der Waals surface area contributed by atoms with Gasteiger partial charge in [0.2, 0.25) is 5.82 Å². The monoisotopic (exact) mass is 203 g/mol. The number of benzene rings is 1. The summed E-state index contributed by atoms with van der Waals surface area (Å²) in [4.78, 5) is 9.02. The summed E-state index contributed by atoms with van der Waals surface area (Å²) in [6, 6.07) is 1.40. The molecule has 0 saturated carbocycles. The first-order valence-electron chi connectivity index (χ1n) is 3.43. The standard InChI is InChI=1S/C6H4BF2NO4/c8-5-3(7(11)12)1-2-4(6(5)9)10(13)14/h1-2,11-12H. The van der Waals surface area contributed by atoms with Gasteiger partial charge in [-0.3, -0.25) is 10.1 Å². The van der Waals surface area contributed by atoms with Gasteiger partial charge in [-0.05, 0) is 0 Å². The summed E-state index contributed by atoms with van der Waals surface area (Å²) >= 11 is 0. The van der Waals surface area contributed by atoms with Gasteiger partial charge in [0.25, 0.3) is 0 Å². The van der Waals surface area contributed by atoms with Crippen LogP contribution >= 0.6 is 0 Å². The lowest BCUT2D eigenvalue weighted by molar-refractivity contribution is -0.387. The molecule has 0 atom stereocenters. The highest BCUT2D eigenvalue weighted by Gasteiger charge is 2.26. The van der Waals surface area contributed by atoms with Gasteiger partial charge in [-0.1, -0.05) is 6.07 Å². The third-order valence-corrected chi connectivity index (χ3v) is 1.57. The van der Waals surface area contributed by atoms with E-state index >= 15 is 0 Å². The molecule has 0 aliphatic rings. The van der Waals surface area contributed by atoms with E-state index in [-0.39, 0.29) is 0 Å². The molecule has 0 fully saturated rings. The predicted octanol–water partition coefficient (Wildman–Crippen LogP) is -0.447. The Balaban J connectivity index is 3.33. The van der Waals surface area contributed by atoms with Crippen molar-refractivity contribution >= 4 is 18.3 Å². The average Bonchev–Trinajstić information content (AvgIpc) is 2.08. The third kappa shape index (κ3) is 1.70. The van der Waals surface area contributed by atoms with Gasteiger partial charge in [0.15, 0.2) is 5.82 Å². The molecule has 14 heavy (non-hydrogen) atoms. The van der Waals surface area contributed by atoms with E-state index in [1.165, 1.54) is 0 Å². The van der Waals surface area contributed by atoms with Crippen LogP contribution in [0.4, 0.5) is 14.5 Å². The topological polar surface area (TPSA) is 83.6 Å². The lowest BCUT2D eigenvalue weighted by Gasteiger charge is -2.02. The summed E-state index contributed by atoms with van der Waals surface area (Å²) in [6.45, 7) is 0. The summed E-state index contributed by atoms with van der Waals surface area (Å²) in [5.41, 5.74) is -1.79. The maximum Gasteiger partial charge on any atom is 0.491 e. The molecule has 0 aliphatic carbocycles. The van der Waals surface area contributed by atoms with Crippen molar-refractivity contribution in [1.29, 1.82) is 0 Å². The maximum atomic E-state index is 12.9. The Bertz CT molecular complexity index is 384. The van der Waals surface area contributed by atoms with Crippen LogP contribution < -0.4 is 5.46 Å². The molecule has 8 heteroatoms. The van der Waals surface area contributed by atoms with Crippen LogP contribution in [0.1, 0.15) is 0 Å². The Hall–Kier alpha value is -1.54. The van der Waals surface area contributed by atoms with E-state index in [0.717, 1.165) is 6.07 Å². The largest absolute Gasteiger partial charge is 0.491 e. The number of halogens is 2. The van der Waals surface area contributed by atoms with E-state index in [2.05, 4.69) is 0 Å². The number of nitro benzene ring substituents is 1. The van der Waals surface area contributed by atoms with E-state index in [0.29, 0.717) is 6.07 Å². The number of hydrogen-bond acceptors (Lipinski definition) is 4. The van der Waals surface area contributed by atoms with Crippen molar-refractivity contribution in [2.45, 2.75) is 0 Å². The minimum absolute atomic E-state index is 0.660. The Morgan fingerprint density at radius 1 is 1.29 bits per heavy atom. The van der Waals surface area contributed by atoms with Crippen LogP contribution in [0.15, 0.2) is 12.1 Å². The summed E-state index contributed by atoms with van der Waals surface area (Å²) in [5.74, 6) is -3.34. The molecule has 0 amide bonds. The zero-order valence-electron chi connectivity index (χ0n) is 6.65. The SMILES string of the molecule is O=[N+]([O-])c1ccc(B(O)O)c(F)c1F. The molecule has 1 aromatic rings. The van der Waals surface area contributed by atoms with E-state index in [9.17, 15) is 18.9 Å². The average molecular weight is 203 g/mol. The van der Waals surface area contributed by atoms with E-state index in [1.54, 1.807) is 0 Å². The Morgan fingerprint density at radius 2 is 1.86 bits per heavy atom. The lowest BCUT2D eigenvalue weighted by Crippen LogP contribution is -2.33. The van der Waals surface area contributed by atoms with Crippen molar-refractivity contribution < 1.29 is 23.8 Å². The van der Waals surface area contributed by atoms with E-state index in [1.807, 2.05) is 0 Å². The molecule has 0 bridgehead atoms. The predicted molar refractivity (Wildman–Crippen MR) is 42.8 cm³/mol. The summed E-state index contributed by atoms with van der Waals surface area (Å²) in [7, 11) is -2.20. The summed E-state index contributed by atoms with van der Waals surface area (Å²) < 4.78 is 25.7. The van der Waals surface area contributed by atoms with Crippen molar-refractivity contribution in [3.63, 3.8) is 0 Å². The van der Waals surface area contributed by atoms with Gasteiger partial charge in [0, 0.05) is 11.5 Å². The molecular weight excluding hydrogens is 199 g/mol. The minimum atomic E-state index is -2.20. The molecule has 0 aliphatic heterocycles. The van der Waals surface area contributed by atoms with Crippen LogP contribution in [0, 0.1) is 21.7 Å². The molecule has 5 nitrogen and oxygen atoms in total. The fraction of sp³-hybridized carbons (Fsp3) is 0. The molecular formula is C6H4BF2NO4. The quantitative estimate of drug-likeness (QED) is 0.387. The Morgan fingerprint density at radius 3 is 2.29 bits per heavy atom. The van der Waals surface area contributed by atoms with Crippen LogP contribution in [0.5, 0.6) is 0 Å². The van der Waals surface area contributed by atoms with Crippen molar-refractivity contribution in [2.75, 3.05) is 0 Å². The van der Waals surface area contributed by atoms with Crippen LogP contribution in [0.25, 0.3) is 0 Å². The second-order valence-electron chi connectivity index (χ2n) is 2.43. The van der Waals surface area contributed by atoms with Crippen molar-refractivity contribution in [3.05, 3.63) is 33.9 Å². The summed E-state index contributed by atoms with van der Waals surface area (Å²) in [5, 5.41) is 27.2. The molecule has 1 aromatic carbocycles. The smallest absolute Gasteiger partial charge is 0.423 e. The van der Waals surface area contributed by atoms with Crippen LogP contribution in [-0.4, -0.2) is 22.1 Å². The minimum Gasteiger partial charge on any atom is -0.423 e. The van der Waals surface area contributed by atoms with Gasteiger partial charge in [-0.2, -0.15) is 4.39 Å². The first kappa shape index (κ1) is 10.5. The Labute approximate surface area is 76.9 Å². The van der Waals surface area contributed by atoms with Gasteiger partial charge < -0.3 is 10.0 Å². The molecule has 2 N–H and O–H groups in total. The number of nitrogens with zero attached hydrogens (tertiary/aromatic N) is 1. The molecule has 0 heterocycles. The molecule has 0 unspecified atom stereocenters. The van der Waals surface area contributed by atoms with E-state index in [4.69, 9.17) is 10.0 Å². The second-order valence-corrected chi connectivity index (χ2v) is 2.43. The third-order valence-electron chi connectivity index (χ3n) is 1.57. The van der Waals surface area contributed by atoms with Gasteiger partial charge in [-0.15, -0.1) is 0 Å². The first-order valence-corrected chi connectivity index (χ1v) is 3.43. The Kier molecular flexibility index (Phi) is 2.77. The number of hydrogen-bond donors (Lipinski definition) is 2. The fourth-order valence-electron chi connectivity index (χ4n) is 0.895. The normalized spacial score (nSPS) is 10.0. The lowest BCUT2D eigenvalue weighted by atomic mass is 9.79. The highest BCUT2D eigenvalue weighted by atomic mass is 19.2. The highest BCUT2D eigenvalue weighted by Crippen LogP contribution is 2.17. The fourth-order valence-corrected chi connectivity index (χ4v) is 0.895. The zero-order valence-corrected chi connectivity index (χ0v) is 6.65. The number of nitro groups is 1. The van der Waals surface area contributed by atoms with E-state index < -0.39 is 34.8 Å². The molecule has 0 spiro atoms. The first-order chi connectivity index (χ1) is 6.45. The van der Waals surface area contributed by atoms with Gasteiger partial charge in [0.05, 0.1) is 4.92 Å². The van der Waals surface area contributed by atoms with Gasteiger partial charge >= 0.3 is 12.8 Å². The number of rotatable bonds is 2. The molecule has 74 valence electrons. The molecule has 0 aromatic heterocycles. The molecule has 0 saturated heterocycles.